The fraction of sp³-hybridized carbons (Fsp3) is 0.320. The number of quaternary nitrogens is 1. The monoisotopic (exact) mass is 460 g/mol. The Kier molecular flexibility index (Phi) is 5.59. The molecule has 1 aliphatic heterocycles. The van der Waals surface area contributed by atoms with E-state index in [1.54, 1.807) is 24.3 Å². The van der Waals surface area contributed by atoms with E-state index in [1.165, 1.54) is 12.7 Å². The van der Waals surface area contributed by atoms with E-state index in [9.17, 15) is 14.7 Å². The van der Waals surface area contributed by atoms with Crippen LogP contribution in [0, 0.1) is 0 Å². The van der Waals surface area contributed by atoms with Crippen LogP contribution in [0.15, 0.2) is 61.2 Å². The second kappa shape index (κ2) is 8.58. The molecule has 1 amide bonds. The topological polar surface area (TPSA) is 114 Å². The normalized spacial score (nSPS) is 22.0. The van der Waals surface area contributed by atoms with E-state index in [0.29, 0.717) is 15.6 Å². The first-order valence-corrected chi connectivity index (χ1v) is 11.3. The summed E-state index contributed by atoms with van der Waals surface area (Å²) in [6.45, 7) is 1.09. The van der Waals surface area contributed by atoms with Gasteiger partial charge in [0.15, 0.2) is 6.54 Å². The number of anilines is 1. The van der Waals surface area contributed by atoms with E-state index in [2.05, 4.69) is 20.3 Å². The predicted molar refractivity (Wildman–Crippen MR) is 123 cm³/mol. The lowest BCUT2D eigenvalue weighted by Gasteiger charge is -2.35. The van der Waals surface area contributed by atoms with E-state index in [0.717, 1.165) is 30.5 Å². The molecule has 9 heteroatoms. The summed E-state index contributed by atoms with van der Waals surface area (Å²) in [5.74, 6) is -0.711. The lowest BCUT2D eigenvalue weighted by Crippen LogP contribution is -2.54. The predicted octanol–water partition coefficient (Wildman–Crippen LogP) is 1.88. The summed E-state index contributed by atoms with van der Waals surface area (Å²) < 4.78 is 6.18. The second-order valence-electron chi connectivity index (χ2n) is 9.07. The standard InChI is InChI=1S/C25H25N5O4/c1-30(13-22(31)29-24-27-15-26-16-28-24)12-6-7-17(30)14-34-23(32)25(33)20-10-4-2-8-18(20)19-9-3-5-11-21(19)25/h2-5,8-11,15-17,33H,6-7,12-14H2,1H3/p+1/t17?,30-/m1/s1. The molecule has 0 bridgehead atoms. The van der Waals surface area contributed by atoms with Gasteiger partial charge in [-0.15, -0.1) is 0 Å². The molecule has 1 aromatic heterocycles. The third kappa shape index (κ3) is 3.72. The van der Waals surface area contributed by atoms with Gasteiger partial charge in [0.1, 0.15) is 25.3 Å². The number of carbonyl (C=O) groups excluding carboxylic acids is 2. The van der Waals surface area contributed by atoms with Crippen LogP contribution in [0.25, 0.3) is 11.1 Å². The average Bonchev–Trinajstić information content (AvgIpc) is 3.34. The highest BCUT2D eigenvalue weighted by Crippen LogP contribution is 2.48. The maximum absolute atomic E-state index is 13.3. The van der Waals surface area contributed by atoms with Gasteiger partial charge in [0.2, 0.25) is 11.5 Å². The smallest absolute Gasteiger partial charge is 0.347 e. The number of rotatable bonds is 6. The molecule has 5 rings (SSSR count). The van der Waals surface area contributed by atoms with Gasteiger partial charge < -0.3 is 14.3 Å². The van der Waals surface area contributed by atoms with Crippen molar-refractivity contribution in [2.45, 2.75) is 24.5 Å². The summed E-state index contributed by atoms with van der Waals surface area (Å²) in [7, 11) is 1.98. The quantitative estimate of drug-likeness (QED) is 0.426. The fourth-order valence-corrected chi connectivity index (χ4v) is 5.16. The molecule has 2 heterocycles. The van der Waals surface area contributed by atoms with E-state index in [4.69, 9.17) is 4.74 Å². The van der Waals surface area contributed by atoms with E-state index in [-0.39, 0.29) is 31.0 Å². The number of fused-ring (bicyclic) bond motifs is 3. The number of nitrogens with one attached hydrogen (secondary N) is 1. The van der Waals surface area contributed by atoms with Crippen LogP contribution in [0.1, 0.15) is 24.0 Å². The van der Waals surface area contributed by atoms with Crippen LogP contribution in [-0.2, 0) is 19.9 Å². The number of hydrogen-bond acceptors (Lipinski definition) is 7. The number of likely N-dealkylation sites (tertiary alicyclic amines) is 1. The summed E-state index contributed by atoms with van der Waals surface area (Å²) in [6.07, 6.45) is 4.37. The molecule has 2 aromatic carbocycles. The van der Waals surface area contributed by atoms with Gasteiger partial charge in [0, 0.05) is 24.0 Å². The molecule has 34 heavy (non-hydrogen) atoms. The molecular weight excluding hydrogens is 434 g/mol. The molecule has 0 saturated carbocycles. The highest BCUT2D eigenvalue weighted by molar-refractivity contribution is 5.96. The van der Waals surface area contributed by atoms with Gasteiger partial charge in [0.25, 0.3) is 5.91 Å². The van der Waals surface area contributed by atoms with Gasteiger partial charge in [-0.05, 0) is 11.1 Å². The minimum absolute atomic E-state index is 0.0662. The third-order valence-corrected chi connectivity index (χ3v) is 6.96. The van der Waals surface area contributed by atoms with E-state index in [1.807, 2.05) is 31.3 Å². The highest BCUT2D eigenvalue weighted by Gasteiger charge is 2.50. The summed E-state index contributed by atoms with van der Waals surface area (Å²) in [4.78, 5) is 37.6. The zero-order valence-corrected chi connectivity index (χ0v) is 18.8. The maximum Gasteiger partial charge on any atom is 0.347 e. The Morgan fingerprint density at radius 2 is 1.71 bits per heavy atom. The number of ether oxygens (including phenoxy) is 1. The number of benzene rings is 2. The van der Waals surface area contributed by atoms with Crippen molar-refractivity contribution in [3.63, 3.8) is 0 Å². The van der Waals surface area contributed by atoms with Gasteiger partial charge >= 0.3 is 5.97 Å². The first kappa shape index (κ1) is 22.1. The van der Waals surface area contributed by atoms with Crippen LogP contribution in [0.2, 0.25) is 0 Å². The van der Waals surface area contributed by atoms with Crippen LogP contribution >= 0.6 is 0 Å². The fourth-order valence-electron chi connectivity index (χ4n) is 5.16. The Morgan fingerprint density at radius 3 is 2.35 bits per heavy atom. The first-order chi connectivity index (χ1) is 16.4. The Morgan fingerprint density at radius 1 is 1.09 bits per heavy atom. The van der Waals surface area contributed by atoms with Crippen LogP contribution in [0.3, 0.4) is 0 Å². The Labute approximate surface area is 197 Å². The summed E-state index contributed by atoms with van der Waals surface area (Å²) in [5, 5.41) is 14.3. The number of likely N-dealkylation sites (N-methyl/N-ethyl adjacent to an activating group) is 1. The zero-order valence-electron chi connectivity index (χ0n) is 18.8. The van der Waals surface area contributed by atoms with E-state index >= 15 is 0 Å². The number of esters is 1. The van der Waals surface area contributed by atoms with Gasteiger partial charge in [-0.2, -0.15) is 0 Å². The molecule has 0 radical (unpaired) electrons. The molecular formula is C25H26N5O4+. The molecule has 1 fully saturated rings. The van der Waals surface area contributed by atoms with Crippen molar-refractivity contribution in [3.8, 4) is 11.1 Å². The zero-order chi connectivity index (χ0) is 23.8. The molecule has 2 aliphatic rings. The van der Waals surface area contributed by atoms with Crippen molar-refractivity contribution in [2.24, 2.45) is 0 Å². The van der Waals surface area contributed by atoms with Gasteiger partial charge in [-0.25, -0.2) is 19.7 Å². The molecule has 1 aliphatic carbocycles. The van der Waals surface area contributed by atoms with Crippen LogP contribution < -0.4 is 5.32 Å². The van der Waals surface area contributed by atoms with Crippen LogP contribution in [0.4, 0.5) is 5.95 Å². The van der Waals surface area contributed by atoms with Crippen molar-refractivity contribution in [2.75, 3.05) is 32.1 Å². The molecule has 0 spiro atoms. The number of aliphatic hydroxyl groups is 1. The first-order valence-electron chi connectivity index (χ1n) is 11.3. The van der Waals surface area contributed by atoms with Crippen LogP contribution in [-0.4, -0.2) is 69.2 Å². The van der Waals surface area contributed by atoms with Crippen molar-refractivity contribution in [3.05, 3.63) is 72.3 Å². The molecule has 2 N–H and O–H groups in total. The number of carbonyl (C=O) groups is 2. The lowest BCUT2D eigenvalue weighted by atomic mass is 9.91. The number of amides is 1. The molecule has 2 atom stereocenters. The highest BCUT2D eigenvalue weighted by atomic mass is 16.6. The summed E-state index contributed by atoms with van der Waals surface area (Å²) >= 11 is 0. The minimum atomic E-state index is -1.86. The van der Waals surface area contributed by atoms with Gasteiger partial charge in [-0.1, -0.05) is 48.5 Å². The Hall–Kier alpha value is -3.69. The lowest BCUT2D eigenvalue weighted by molar-refractivity contribution is -0.913. The van der Waals surface area contributed by atoms with Crippen molar-refractivity contribution >= 4 is 17.8 Å². The third-order valence-electron chi connectivity index (χ3n) is 6.96. The maximum atomic E-state index is 13.3. The largest absolute Gasteiger partial charge is 0.457 e. The molecule has 3 aromatic rings. The molecule has 1 saturated heterocycles. The number of aromatic nitrogens is 3. The van der Waals surface area contributed by atoms with Crippen LogP contribution in [0.5, 0.6) is 0 Å². The number of hydrogen-bond donors (Lipinski definition) is 2. The van der Waals surface area contributed by atoms with Gasteiger partial charge in [-0.3, -0.25) is 10.1 Å². The summed E-state index contributed by atoms with van der Waals surface area (Å²) in [6, 6.07) is 14.6. The average molecular weight is 461 g/mol. The van der Waals surface area contributed by atoms with Crippen molar-refractivity contribution in [1.29, 1.82) is 0 Å². The Balaban J connectivity index is 1.30. The molecule has 1 unspecified atom stereocenters. The van der Waals surface area contributed by atoms with Crippen molar-refractivity contribution in [1.82, 2.24) is 15.0 Å². The second-order valence-corrected chi connectivity index (χ2v) is 9.07. The Bertz CT molecular complexity index is 1190. The SMILES string of the molecule is C[N@+]1(CC(=O)Nc2ncncn2)CCCC1COC(=O)C1(O)c2ccccc2-c2ccccc21. The number of nitrogens with zero attached hydrogens (tertiary/aromatic N) is 4. The molecule has 174 valence electrons. The van der Waals surface area contributed by atoms with E-state index < -0.39 is 11.6 Å². The van der Waals surface area contributed by atoms with Gasteiger partial charge in [0.05, 0.1) is 13.6 Å². The summed E-state index contributed by atoms with van der Waals surface area (Å²) in [5.41, 5.74) is 0.858. The molecule has 9 nitrogen and oxygen atoms in total. The minimum Gasteiger partial charge on any atom is -0.457 e. The van der Waals surface area contributed by atoms with Crippen molar-refractivity contribution < 1.29 is 23.9 Å².